The van der Waals surface area contributed by atoms with Gasteiger partial charge in [-0.1, -0.05) is 28.9 Å². The van der Waals surface area contributed by atoms with E-state index in [2.05, 4.69) is 36.5 Å². The van der Waals surface area contributed by atoms with E-state index in [1.807, 2.05) is 32.0 Å². The Morgan fingerprint density at radius 3 is 2.62 bits per heavy atom. The maximum atomic E-state index is 11.7. The van der Waals surface area contributed by atoms with Crippen molar-refractivity contribution in [3.8, 4) is 0 Å². The van der Waals surface area contributed by atoms with E-state index in [0.717, 1.165) is 22.1 Å². The van der Waals surface area contributed by atoms with E-state index >= 15 is 0 Å². The molecule has 0 aliphatic carbocycles. The van der Waals surface area contributed by atoms with E-state index in [4.69, 9.17) is 0 Å². The first-order chi connectivity index (χ1) is 10.1. The van der Waals surface area contributed by atoms with Gasteiger partial charge in [-0.05, 0) is 31.0 Å². The van der Waals surface area contributed by atoms with Crippen LogP contribution in [0.25, 0.3) is 0 Å². The standard InChI is InChI=1S/C15H17BrN4O/c1-3-6-17-14(21)11-8-18-15(19-9-11)20-12-5-4-10(2)13(16)7-12/h4-5,7-9H,3,6H2,1-2H3,(H,17,21)(H,18,19,20). The fourth-order valence-electron chi connectivity index (χ4n) is 1.65. The number of aromatic nitrogens is 2. The number of rotatable bonds is 5. The van der Waals surface area contributed by atoms with Gasteiger partial charge < -0.3 is 10.6 Å². The van der Waals surface area contributed by atoms with Gasteiger partial charge in [0, 0.05) is 29.1 Å². The largest absolute Gasteiger partial charge is 0.352 e. The van der Waals surface area contributed by atoms with Crippen molar-refractivity contribution in [2.24, 2.45) is 0 Å². The van der Waals surface area contributed by atoms with Crippen LogP contribution in [0, 0.1) is 6.92 Å². The molecule has 0 saturated heterocycles. The van der Waals surface area contributed by atoms with Crippen LogP contribution in [0.3, 0.4) is 0 Å². The predicted octanol–water partition coefficient (Wildman–Crippen LogP) is 3.43. The molecule has 1 aromatic heterocycles. The molecule has 110 valence electrons. The Morgan fingerprint density at radius 2 is 2.00 bits per heavy atom. The molecule has 1 heterocycles. The van der Waals surface area contributed by atoms with Crippen molar-refractivity contribution in [1.29, 1.82) is 0 Å². The first-order valence-corrected chi connectivity index (χ1v) is 7.53. The molecule has 0 spiro atoms. The number of nitrogens with zero attached hydrogens (tertiary/aromatic N) is 2. The van der Waals surface area contributed by atoms with E-state index in [-0.39, 0.29) is 5.91 Å². The summed E-state index contributed by atoms with van der Waals surface area (Å²) in [4.78, 5) is 20.1. The van der Waals surface area contributed by atoms with Gasteiger partial charge in [-0.3, -0.25) is 4.79 Å². The highest BCUT2D eigenvalue weighted by Gasteiger charge is 2.06. The third-order valence-corrected chi connectivity index (χ3v) is 3.73. The molecule has 21 heavy (non-hydrogen) atoms. The fourth-order valence-corrected chi connectivity index (χ4v) is 2.03. The lowest BCUT2D eigenvalue weighted by Gasteiger charge is -2.07. The van der Waals surface area contributed by atoms with Crippen molar-refractivity contribution >= 4 is 33.5 Å². The molecule has 0 unspecified atom stereocenters. The number of halogens is 1. The highest BCUT2D eigenvalue weighted by molar-refractivity contribution is 9.10. The number of amides is 1. The molecule has 0 fully saturated rings. The molecule has 6 heteroatoms. The topological polar surface area (TPSA) is 66.9 Å². The quantitative estimate of drug-likeness (QED) is 0.868. The van der Waals surface area contributed by atoms with Gasteiger partial charge in [-0.2, -0.15) is 0 Å². The van der Waals surface area contributed by atoms with E-state index in [1.165, 1.54) is 12.4 Å². The third-order valence-electron chi connectivity index (χ3n) is 2.88. The maximum absolute atomic E-state index is 11.7. The summed E-state index contributed by atoms with van der Waals surface area (Å²) in [7, 11) is 0. The second kappa shape index (κ2) is 7.17. The fraction of sp³-hybridized carbons (Fsp3) is 0.267. The van der Waals surface area contributed by atoms with Crippen LogP contribution < -0.4 is 10.6 Å². The monoisotopic (exact) mass is 348 g/mol. The Hall–Kier alpha value is -1.95. The van der Waals surface area contributed by atoms with Crippen molar-refractivity contribution in [2.45, 2.75) is 20.3 Å². The average molecular weight is 349 g/mol. The van der Waals surface area contributed by atoms with Crippen molar-refractivity contribution in [3.63, 3.8) is 0 Å². The number of anilines is 2. The van der Waals surface area contributed by atoms with Gasteiger partial charge in [0.25, 0.3) is 5.91 Å². The van der Waals surface area contributed by atoms with Gasteiger partial charge >= 0.3 is 0 Å². The minimum absolute atomic E-state index is 0.151. The summed E-state index contributed by atoms with van der Waals surface area (Å²) in [5, 5.41) is 5.88. The first-order valence-electron chi connectivity index (χ1n) is 6.73. The summed E-state index contributed by atoms with van der Waals surface area (Å²) < 4.78 is 1.02. The zero-order valence-electron chi connectivity index (χ0n) is 12.0. The SMILES string of the molecule is CCCNC(=O)c1cnc(Nc2ccc(C)c(Br)c2)nc1. The normalized spacial score (nSPS) is 10.2. The van der Waals surface area contributed by atoms with Crippen LogP contribution in [-0.4, -0.2) is 22.4 Å². The summed E-state index contributed by atoms with van der Waals surface area (Å²) in [6, 6.07) is 5.91. The molecule has 0 saturated carbocycles. The highest BCUT2D eigenvalue weighted by Crippen LogP contribution is 2.22. The van der Waals surface area contributed by atoms with Gasteiger partial charge in [0.2, 0.25) is 5.95 Å². The summed E-state index contributed by atoms with van der Waals surface area (Å²) >= 11 is 3.48. The van der Waals surface area contributed by atoms with Crippen molar-refractivity contribution in [1.82, 2.24) is 15.3 Å². The number of hydrogen-bond acceptors (Lipinski definition) is 4. The molecule has 5 nitrogen and oxygen atoms in total. The predicted molar refractivity (Wildman–Crippen MR) is 86.8 cm³/mol. The number of carbonyl (C=O) groups excluding carboxylic acids is 1. The lowest BCUT2D eigenvalue weighted by atomic mass is 10.2. The van der Waals surface area contributed by atoms with Crippen LogP contribution in [0.2, 0.25) is 0 Å². The van der Waals surface area contributed by atoms with Gasteiger partial charge in [0.15, 0.2) is 0 Å². The Balaban J connectivity index is 2.05. The lowest BCUT2D eigenvalue weighted by Crippen LogP contribution is -2.24. The third kappa shape index (κ3) is 4.26. The summed E-state index contributed by atoms with van der Waals surface area (Å²) in [6.45, 7) is 4.67. The van der Waals surface area contributed by atoms with Crippen molar-refractivity contribution in [3.05, 3.63) is 46.2 Å². The van der Waals surface area contributed by atoms with Gasteiger partial charge in [-0.25, -0.2) is 9.97 Å². The van der Waals surface area contributed by atoms with E-state index in [0.29, 0.717) is 18.1 Å². The number of nitrogens with one attached hydrogen (secondary N) is 2. The minimum Gasteiger partial charge on any atom is -0.352 e. The van der Waals surface area contributed by atoms with Crippen molar-refractivity contribution < 1.29 is 4.79 Å². The Labute approximate surface area is 132 Å². The molecule has 1 aromatic carbocycles. The van der Waals surface area contributed by atoms with Crippen LogP contribution in [0.4, 0.5) is 11.6 Å². The van der Waals surface area contributed by atoms with Gasteiger partial charge in [0.05, 0.1) is 5.56 Å². The second-order valence-electron chi connectivity index (χ2n) is 4.64. The smallest absolute Gasteiger partial charge is 0.254 e. The molecule has 2 aromatic rings. The maximum Gasteiger partial charge on any atom is 0.254 e. The van der Waals surface area contributed by atoms with E-state index in [1.54, 1.807) is 0 Å². The summed E-state index contributed by atoms with van der Waals surface area (Å²) in [5.74, 6) is 0.305. The molecule has 2 N–H and O–H groups in total. The molecule has 0 aliphatic heterocycles. The number of carbonyl (C=O) groups is 1. The number of hydrogen-bond donors (Lipinski definition) is 2. The minimum atomic E-state index is -0.151. The molecule has 0 bridgehead atoms. The van der Waals surface area contributed by atoms with Crippen LogP contribution in [0.1, 0.15) is 29.3 Å². The molecular weight excluding hydrogens is 332 g/mol. The lowest BCUT2D eigenvalue weighted by molar-refractivity contribution is 0.0953. The highest BCUT2D eigenvalue weighted by atomic mass is 79.9. The van der Waals surface area contributed by atoms with Crippen LogP contribution in [0.15, 0.2) is 35.1 Å². The van der Waals surface area contributed by atoms with Crippen LogP contribution in [-0.2, 0) is 0 Å². The molecule has 0 aliphatic rings. The average Bonchev–Trinajstić information content (AvgIpc) is 2.49. The number of aryl methyl sites for hydroxylation is 1. The zero-order valence-corrected chi connectivity index (χ0v) is 13.6. The number of benzene rings is 1. The Bertz CT molecular complexity index is 628. The summed E-state index contributed by atoms with van der Waals surface area (Å²) in [6.07, 6.45) is 3.93. The van der Waals surface area contributed by atoms with Crippen LogP contribution >= 0.6 is 15.9 Å². The van der Waals surface area contributed by atoms with Gasteiger partial charge in [-0.15, -0.1) is 0 Å². The molecular formula is C15H17BrN4O. The van der Waals surface area contributed by atoms with E-state index in [9.17, 15) is 4.79 Å². The second-order valence-corrected chi connectivity index (χ2v) is 5.49. The summed E-state index contributed by atoms with van der Waals surface area (Å²) in [5.41, 5.74) is 2.50. The molecule has 2 rings (SSSR count). The first kappa shape index (κ1) is 15.4. The molecule has 0 radical (unpaired) electrons. The Morgan fingerprint density at radius 1 is 1.29 bits per heavy atom. The molecule has 0 atom stereocenters. The van der Waals surface area contributed by atoms with E-state index < -0.39 is 0 Å². The Kier molecular flexibility index (Phi) is 5.27. The van der Waals surface area contributed by atoms with Crippen LogP contribution in [0.5, 0.6) is 0 Å². The van der Waals surface area contributed by atoms with Gasteiger partial charge in [0.1, 0.15) is 0 Å². The molecule has 1 amide bonds. The zero-order chi connectivity index (χ0) is 15.2. The van der Waals surface area contributed by atoms with Crippen molar-refractivity contribution in [2.75, 3.05) is 11.9 Å².